The van der Waals surface area contributed by atoms with E-state index in [0.717, 1.165) is 78.6 Å². The van der Waals surface area contributed by atoms with Gasteiger partial charge in [-0.05, 0) is 102 Å². The van der Waals surface area contributed by atoms with Crippen molar-refractivity contribution in [2.24, 2.45) is 0 Å². The molecule has 2 aromatic carbocycles. The molecule has 5 rings (SSSR count). The molecule has 1 amide bonds. The van der Waals surface area contributed by atoms with Crippen LogP contribution in [-0.2, 0) is 9.47 Å². The molecular weight excluding hydrogens is 520 g/mol. The Hall–Kier alpha value is -3.30. The SMILES string of the molecule is Cc1cc(O)ccc1-c1cc(O[C@H]2C[C@H](N(CCN(C)C)C(=O)OC(C)(C)C)C2)c2cnn(C3CCCCO3)c2c1. The quantitative estimate of drug-likeness (QED) is 0.352. The largest absolute Gasteiger partial charge is 0.508 e. The van der Waals surface area contributed by atoms with E-state index in [0.29, 0.717) is 6.54 Å². The number of hydrogen-bond donors (Lipinski definition) is 1. The predicted molar refractivity (Wildman–Crippen MR) is 159 cm³/mol. The van der Waals surface area contributed by atoms with Crippen LogP contribution in [0.4, 0.5) is 4.79 Å². The first-order valence-corrected chi connectivity index (χ1v) is 14.7. The normalized spacial score (nSPS) is 21.1. The van der Waals surface area contributed by atoms with Crippen molar-refractivity contribution in [1.29, 1.82) is 0 Å². The Morgan fingerprint density at radius 1 is 1.15 bits per heavy atom. The lowest BCUT2D eigenvalue weighted by Crippen LogP contribution is -2.54. The number of aromatic hydroxyl groups is 1. The molecule has 3 aromatic rings. The van der Waals surface area contributed by atoms with Gasteiger partial charge in [0.15, 0.2) is 6.23 Å². The average Bonchev–Trinajstić information content (AvgIpc) is 3.30. The number of likely N-dealkylation sites (N-methyl/N-ethyl adjacent to an activating group) is 1. The Balaban J connectivity index is 1.41. The number of phenolic OH excluding ortho intramolecular Hbond substituents is 1. The smallest absolute Gasteiger partial charge is 0.410 e. The minimum Gasteiger partial charge on any atom is -0.508 e. The van der Waals surface area contributed by atoms with Gasteiger partial charge in [0.25, 0.3) is 0 Å². The number of carbonyl (C=O) groups is 1. The number of hydrogen-bond acceptors (Lipinski definition) is 7. The number of amides is 1. The van der Waals surface area contributed by atoms with E-state index in [1.54, 1.807) is 12.1 Å². The molecule has 9 nitrogen and oxygen atoms in total. The zero-order chi connectivity index (χ0) is 29.3. The van der Waals surface area contributed by atoms with Crippen LogP contribution in [0, 0.1) is 6.92 Å². The van der Waals surface area contributed by atoms with Gasteiger partial charge >= 0.3 is 6.09 Å². The van der Waals surface area contributed by atoms with Crippen LogP contribution < -0.4 is 4.74 Å². The summed E-state index contributed by atoms with van der Waals surface area (Å²) in [6, 6.07) is 9.70. The van der Waals surface area contributed by atoms with Gasteiger partial charge < -0.3 is 29.1 Å². The summed E-state index contributed by atoms with van der Waals surface area (Å²) in [7, 11) is 4.01. The third-order valence-electron chi connectivity index (χ3n) is 7.85. The minimum atomic E-state index is -0.548. The number of phenols is 1. The van der Waals surface area contributed by atoms with E-state index < -0.39 is 5.60 Å². The van der Waals surface area contributed by atoms with Gasteiger partial charge in [-0.2, -0.15) is 5.10 Å². The third kappa shape index (κ3) is 6.79. The molecule has 2 heterocycles. The van der Waals surface area contributed by atoms with Gasteiger partial charge in [0, 0.05) is 38.6 Å². The first-order chi connectivity index (χ1) is 19.5. The van der Waals surface area contributed by atoms with E-state index in [2.05, 4.69) is 17.0 Å². The van der Waals surface area contributed by atoms with E-state index in [1.807, 2.05) is 63.6 Å². The number of rotatable bonds is 8. The third-order valence-corrected chi connectivity index (χ3v) is 7.85. The van der Waals surface area contributed by atoms with Gasteiger partial charge in [0.1, 0.15) is 23.2 Å². The van der Waals surface area contributed by atoms with Gasteiger partial charge in [0.2, 0.25) is 0 Å². The minimum absolute atomic E-state index is 0.0297. The highest BCUT2D eigenvalue weighted by Crippen LogP contribution is 2.39. The van der Waals surface area contributed by atoms with Crippen LogP contribution in [0.5, 0.6) is 11.5 Å². The maximum atomic E-state index is 13.1. The first kappa shape index (κ1) is 29.2. The Bertz CT molecular complexity index is 1370. The molecule has 0 spiro atoms. The highest BCUT2D eigenvalue weighted by molar-refractivity contribution is 5.91. The molecule has 1 saturated carbocycles. The van der Waals surface area contributed by atoms with Gasteiger partial charge in [-0.3, -0.25) is 0 Å². The van der Waals surface area contributed by atoms with Gasteiger partial charge in [-0.15, -0.1) is 0 Å². The summed E-state index contributed by atoms with van der Waals surface area (Å²) in [6.07, 6.45) is 6.03. The second-order valence-corrected chi connectivity index (χ2v) is 12.7. The maximum Gasteiger partial charge on any atom is 0.410 e. The van der Waals surface area contributed by atoms with E-state index in [1.165, 1.54) is 0 Å². The molecule has 1 unspecified atom stereocenters. The predicted octanol–water partition coefficient (Wildman–Crippen LogP) is 6.12. The fourth-order valence-corrected chi connectivity index (χ4v) is 5.60. The van der Waals surface area contributed by atoms with Gasteiger partial charge in [0.05, 0.1) is 17.1 Å². The molecule has 2 aliphatic rings. The molecule has 1 aliphatic heterocycles. The molecule has 1 saturated heterocycles. The molecule has 1 atom stereocenters. The molecule has 1 aliphatic carbocycles. The zero-order valence-corrected chi connectivity index (χ0v) is 25.2. The van der Waals surface area contributed by atoms with Crippen LogP contribution in [0.25, 0.3) is 22.0 Å². The summed E-state index contributed by atoms with van der Waals surface area (Å²) in [4.78, 5) is 17.0. The van der Waals surface area contributed by atoms with Crippen molar-refractivity contribution in [3.63, 3.8) is 0 Å². The van der Waals surface area contributed by atoms with Crippen molar-refractivity contribution >= 4 is 17.0 Å². The zero-order valence-electron chi connectivity index (χ0n) is 25.2. The summed E-state index contributed by atoms with van der Waals surface area (Å²) in [5, 5.41) is 15.7. The van der Waals surface area contributed by atoms with Crippen LogP contribution in [-0.4, -0.2) is 82.3 Å². The Kier molecular flexibility index (Phi) is 8.47. The molecule has 41 heavy (non-hydrogen) atoms. The lowest BCUT2D eigenvalue weighted by Gasteiger charge is -2.43. The van der Waals surface area contributed by atoms with Gasteiger partial charge in [-0.1, -0.05) is 6.07 Å². The van der Waals surface area contributed by atoms with Crippen LogP contribution in [0.3, 0.4) is 0 Å². The van der Waals surface area contributed by atoms with Crippen molar-refractivity contribution in [3.8, 4) is 22.6 Å². The van der Waals surface area contributed by atoms with E-state index >= 15 is 0 Å². The van der Waals surface area contributed by atoms with E-state index in [-0.39, 0.29) is 30.2 Å². The van der Waals surface area contributed by atoms with Crippen molar-refractivity contribution in [3.05, 3.63) is 42.1 Å². The highest BCUT2D eigenvalue weighted by atomic mass is 16.6. The second kappa shape index (κ2) is 11.9. The molecule has 1 N–H and O–H groups in total. The number of ether oxygens (including phenoxy) is 3. The van der Waals surface area contributed by atoms with Crippen LogP contribution in [0.1, 0.15) is 64.7 Å². The second-order valence-electron chi connectivity index (χ2n) is 12.7. The van der Waals surface area contributed by atoms with Crippen LogP contribution in [0.2, 0.25) is 0 Å². The number of nitrogens with zero attached hydrogens (tertiary/aromatic N) is 4. The number of fused-ring (bicyclic) bond motifs is 1. The Morgan fingerprint density at radius 2 is 1.93 bits per heavy atom. The number of benzene rings is 2. The Labute approximate surface area is 243 Å². The molecule has 0 radical (unpaired) electrons. The van der Waals surface area contributed by atoms with Crippen molar-refractivity contribution < 1.29 is 24.1 Å². The molecule has 2 fully saturated rings. The summed E-state index contributed by atoms with van der Waals surface area (Å²) >= 11 is 0. The average molecular weight is 565 g/mol. The molecule has 9 heteroatoms. The fraction of sp³-hybridized carbons (Fsp3) is 0.562. The van der Waals surface area contributed by atoms with E-state index in [4.69, 9.17) is 19.3 Å². The molecule has 222 valence electrons. The lowest BCUT2D eigenvalue weighted by atomic mass is 9.87. The van der Waals surface area contributed by atoms with Crippen molar-refractivity contribution in [2.75, 3.05) is 33.8 Å². The summed E-state index contributed by atoms with van der Waals surface area (Å²) < 4.78 is 20.4. The Morgan fingerprint density at radius 3 is 2.59 bits per heavy atom. The number of aromatic nitrogens is 2. The molecule has 1 aromatic heterocycles. The molecule has 0 bridgehead atoms. The topological polar surface area (TPSA) is 89.3 Å². The monoisotopic (exact) mass is 564 g/mol. The standard InChI is InChI=1S/C32H44N4O5/c1-21-15-24(37)10-11-26(21)22-16-28-27(20-33-36(28)30-9-7-8-14-39-30)29(17-22)40-25-18-23(19-25)35(13-12-34(5)6)31(38)41-32(2,3)4/h10-11,15-17,20,23,25,30,37H,7-9,12-14,18-19H2,1-6H3/t23-,25-,30?. The van der Waals surface area contributed by atoms with Gasteiger partial charge in [-0.25, -0.2) is 9.48 Å². The van der Waals surface area contributed by atoms with E-state index in [9.17, 15) is 9.90 Å². The summed E-state index contributed by atoms with van der Waals surface area (Å²) in [6.45, 7) is 9.79. The van der Waals surface area contributed by atoms with Crippen LogP contribution >= 0.6 is 0 Å². The maximum absolute atomic E-state index is 13.1. The fourth-order valence-electron chi connectivity index (χ4n) is 5.60. The lowest BCUT2D eigenvalue weighted by molar-refractivity contribution is -0.0366. The summed E-state index contributed by atoms with van der Waals surface area (Å²) in [5.74, 6) is 1.02. The molecular formula is C32H44N4O5. The first-order valence-electron chi connectivity index (χ1n) is 14.7. The highest BCUT2D eigenvalue weighted by Gasteiger charge is 2.39. The number of carbonyl (C=O) groups excluding carboxylic acids is 1. The van der Waals surface area contributed by atoms with Crippen molar-refractivity contribution in [2.45, 2.75) is 83.8 Å². The van der Waals surface area contributed by atoms with Crippen molar-refractivity contribution in [1.82, 2.24) is 19.6 Å². The van der Waals surface area contributed by atoms with Crippen LogP contribution in [0.15, 0.2) is 36.5 Å². The summed E-state index contributed by atoms with van der Waals surface area (Å²) in [5.41, 5.74) is 3.42. The number of aryl methyl sites for hydroxylation is 1.